The molecule has 0 radical (unpaired) electrons. The van der Waals surface area contributed by atoms with Crippen LogP contribution in [0.25, 0.3) is 0 Å². The molecule has 1 fully saturated rings. The molecular formula is C13H20N2OS. The fourth-order valence-corrected chi connectivity index (χ4v) is 3.22. The van der Waals surface area contributed by atoms with E-state index in [0.29, 0.717) is 5.25 Å². The molecule has 1 aromatic heterocycles. The summed E-state index contributed by atoms with van der Waals surface area (Å²) in [5, 5.41) is 10.3. The Kier molecular flexibility index (Phi) is 4.29. The van der Waals surface area contributed by atoms with Crippen molar-refractivity contribution in [3.05, 3.63) is 23.9 Å². The minimum atomic E-state index is -0.419. The fraction of sp³-hybridized carbons (Fsp3) is 0.615. The number of aliphatic hydroxyl groups excluding tert-OH is 1. The largest absolute Gasteiger partial charge is 0.389 e. The maximum atomic E-state index is 9.59. The van der Waals surface area contributed by atoms with Gasteiger partial charge < -0.3 is 10.0 Å². The number of pyridine rings is 1. The molecule has 1 aromatic rings. The molecule has 0 amide bonds. The molecule has 2 heterocycles. The smallest absolute Gasteiger partial charge is 0.128 e. The van der Waals surface area contributed by atoms with Crippen molar-refractivity contribution in [2.45, 2.75) is 31.6 Å². The molecule has 1 aliphatic heterocycles. The van der Waals surface area contributed by atoms with Gasteiger partial charge >= 0.3 is 0 Å². The van der Waals surface area contributed by atoms with Crippen molar-refractivity contribution in [1.29, 1.82) is 0 Å². The van der Waals surface area contributed by atoms with Crippen molar-refractivity contribution in [3.63, 3.8) is 0 Å². The number of hydrogen-bond donors (Lipinski definition) is 1. The lowest BCUT2D eigenvalue weighted by Crippen LogP contribution is -2.38. The van der Waals surface area contributed by atoms with Gasteiger partial charge in [0, 0.05) is 30.3 Å². The third kappa shape index (κ3) is 3.13. The zero-order valence-electron chi connectivity index (χ0n) is 10.5. The minimum absolute atomic E-state index is 0.419. The van der Waals surface area contributed by atoms with E-state index in [2.05, 4.69) is 28.6 Å². The molecule has 0 bridgehead atoms. The van der Waals surface area contributed by atoms with Crippen LogP contribution in [0.3, 0.4) is 0 Å². The molecule has 0 aliphatic carbocycles. The second-order valence-corrected chi connectivity index (χ2v) is 5.88. The first kappa shape index (κ1) is 12.7. The Hall–Kier alpha value is -0.740. The second-order valence-electron chi connectivity index (χ2n) is 4.47. The van der Waals surface area contributed by atoms with E-state index >= 15 is 0 Å². The molecule has 0 saturated carbocycles. The number of aliphatic hydroxyl groups is 1. The van der Waals surface area contributed by atoms with Crippen molar-refractivity contribution in [3.8, 4) is 0 Å². The van der Waals surface area contributed by atoms with Gasteiger partial charge in [-0.15, -0.1) is 0 Å². The van der Waals surface area contributed by atoms with Gasteiger partial charge in [-0.25, -0.2) is 4.98 Å². The average molecular weight is 252 g/mol. The first-order chi connectivity index (χ1) is 8.20. The summed E-state index contributed by atoms with van der Waals surface area (Å²) in [6.45, 7) is 6.15. The molecule has 17 heavy (non-hydrogen) atoms. The first-order valence-corrected chi connectivity index (χ1v) is 7.26. The topological polar surface area (TPSA) is 36.4 Å². The van der Waals surface area contributed by atoms with Gasteiger partial charge in [-0.3, -0.25) is 0 Å². The van der Waals surface area contributed by atoms with E-state index in [1.54, 1.807) is 13.1 Å². The third-order valence-corrected chi connectivity index (χ3v) is 4.54. The Morgan fingerprint density at radius 1 is 1.65 bits per heavy atom. The molecule has 3 nitrogen and oxygen atoms in total. The van der Waals surface area contributed by atoms with E-state index in [-0.39, 0.29) is 0 Å². The fourth-order valence-electron chi connectivity index (χ4n) is 2.04. The van der Waals surface area contributed by atoms with Crippen molar-refractivity contribution in [1.82, 2.24) is 4.98 Å². The van der Waals surface area contributed by atoms with Gasteiger partial charge in [0.05, 0.1) is 6.10 Å². The zero-order valence-corrected chi connectivity index (χ0v) is 11.3. The van der Waals surface area contributed by atoms with Gasteiger partial charge in [0.15, 0.2) is 0 Å². The molecule has 0 aromatic carbocycles. The summed E-state index contributed by atoms with van der Waals surface area (Å²) in [5.74, 6) is 2.17. The van der Waals surface area contributed by atoms with E-state index in [1.165, 1.54) is 12.2 Å². The molecule has 2 atom stereocenters. The molecule has 2 rings (SSSR count). The quantitative estimate of drug-likeness (QED) is 0.896. The summed E-state index contributed by atoms with van der Waals surface area (Å²) >= 11 is 2.05. The predicted molar refractivity (Wildman–Crippen MR) is 73.6 cm³/mol. The highest BCUT2D eigenvalue weighted by Crippen LogP contribution is 2.25. The van der Waals surface area contributed by atoms with E-state index < -0.39 is 6.10 Å². The molecule has 4 heteroatoms. The summed E-state index contributed by atoms with van der Waals surface area (Å²) in [5.41, 5.74) is 0.946. The Bertz CT molecular complexity index is 370. The standard InChI is InChI=1S/C13H20N2OS/c1-3-12-9-15(6-7-17-12)13-8-11(10(2)16)4-5-14-13/h4-5,8,10,12,16H,3,6-7,9H2,1-2H3. The number of anilines is 1. The van der Waals surface area contributed by atoms with Crippen molar-refractivity contribution >= 4 is 17.6 Å². The first-order valence-electron chi connectivity index (χ1n) is 6.21. The lowest BCUT2D eigenvalue weighted by atomic mass is 10.1. The second kappa shape index (κ2) is 5.74. The normalized spacial score (nSPS) is 22.5. The molecular weight excluding hydrogens is 232 g/mol. The van der Waals surface area contributed by atoms with Crippen molar-refractivity contribution < 1.29 is 5.11 Å². The average Bonchev–Trinajstić information content (AvgIpc) is 2.39. The van der Waals surface area contributed by atoms with Gasteiger partial charge in [0.2, 0.25) is 0 Å². The van der Waals surface area contributed by atoms with Gasteiger partial charge in [-0.05, 0) is 31.0 Å². The highest BCUT2D eigenvalue weighted by Gasteiger charge is 2.20. The Labute approximate surface area is 107 Å². The van der Waals surface area contributed by atoms with Gasteiger partial charge in [0.1, 0.15) is 5.82 Å². The maximum absolute atomic E-state index is 9.59. The summed E-state index contributed by atoms with van der Waals surface area (Å²) in [6, 6.07) is 3.89. The predicted octanol–water partition coefficient (Wildman–Crippen LogP) is 2.47. The highest BCUT2D eigenvalue weighted by molar-refractivity contribution is 8.00. The molecule has 1 N–H and O–H groups in total. The number of rotatable bonds is 3. The number of thioether (sulfide) groups is 1. The van der Waals surface area contributed by atoms with Crippen LogP contribution in [0.2, 0.25) is 0 Å². The summed E-state index contributed by atoms with van der Waals surface area (Å²) in [6.07, 6.45) is 2.58. The SMILES string of the molecule is CCC1CN(c2cc(C(C)O)ccn2)CCS1. The summed E-state index contributed by atoms with van der Waals surface area (Å²) in [4.78, 5) is 6.75. The Morgan fingerprint density at radius 3 is 3.18 bits per heavy atom. The molecule has 2 unspecified atom stereocenters. The maximum Gasteiger partial charge on any atom is 0.128 e. The zero-order chi connectivity index (χ0) is 12.3. The summed E-state index contributed by atoms with van der Waals surface area (Å²) in [7, 11) is 0. The number of hydrogen-bond acceptors (Lipinski definition) is 4. The molecule has 1 aliphatic rings. The molecule has 0 spiro atoms. The van der Waals surface area contributed by atoms with Gasteiger partial charge in [-0.1, -0.05) is 6.92 Å². The van der Waals surface area contributed by atoms with Crippen LogP contribution in [-0.2, 0) is 0 Å². The number of aromatic nitrogens is 1. The van der Waals surface area contributed by atoms with E-state index in [1.807, 2.05) is 12.1 Å². The molecule has 1 saturated heterocycles. The highest BCUT2D eigenvalue weighted by atomic mass is 32.2. The van der Waals surface area contributed by atoms with Crippen LogP contribution < -0.4 is 4.90 Å². The van der Waals surface area contributed by atoms with Gasteiger partial charge in [-0.2, -0.15) is 11.8 Å². The number of nitrogens with zero attached hydrogens (tertiary/aromatic N) is 2. The van der Waals surface area contributed by atoms with Crippen LogP contribution in [0.5, 0.6) is 0 Å². The van der Waals surface area contributed by atoms with Crippen LogP contribution in [0.15, 0.2) is 18.3 Å². The minimum Gasteiger partial charge on any atom is -0.389 e. The monoisotopic (exact) mass is 252 g/mol. The van der Waals surface area contributed by atoms with E-state index in [0.717, 1.165) is 24.5 Å². The Balaban J connectivity index is 2.13. The van der Waals surface area contributed by atoms with Crippen LogP contribution in [0, 0.1) is 0 Å². The van der Waals surface area contributed by atoms with Crippen LogP contribution >= 0.6 is 11.8 Å². The van der Waals surface area contributed by atoms with E-state index in [4.69, 9.17) is 0 Å². The van der Waals surface area contributed by atoms with Crippen LogP contribution in [-0.4, -0.2) is 34.2 Å². The van der Waals surface area contributed by atoms with Crippen molar-refractivity contribution in [2.75, 3.05) is 23.7 Å². The lowest BCUT2D eigenvalue weighted by Gasteiger charge is -2.33. The van der Waals surface area contributed by atoms with Crippen molar-refractivity contribution in [2.24, 2.45) is 0 Å². The van der Waals surface area contributed by atoms with E-state index in [9.17, 15) is 5.11 Å². The summed E-state index contributed by atoms with van der Waals surface area (Å²) < 4.78 is 0. The van der Waals surface area contributed by atoms with Gasteiger partial charge in [0.25, 0.3) is 0 Å². The van der Waals surface area contributed by atoms with Crippen LogP contribution in [0.1, 0.15) is 31.9 Å². The Morgan fingerprint density at radius 2 is 2.47 bits per heavy atom. The third-order valence-electron chi connectivity index (χ3n) is 3.17. The lowest BCUT2D eigenvalue weighted by molar-refractivity contribution is 0.199. The molecule has 94 valence electrons. The van der Waals surface area contributed by atoms with Crippen LogP contribution in [0.4, 0.5) is 5.82 Å².